The molecule has 0 saturated heterocycles. The van der Waals surface area contributed by atoms with Gasteiger partial charge in [0.15, 0.2) is 0 Å². The quantitative estimate of drug-likeness (QED) is 0.610. The lowest BCUT2D eigenvalue weighted by molar-refractivity contribution is -0.121. The average molecular weight is 419 g/mol. The predicted molar refractivity (Wildman–Crippen MR) is 110 cm³/mol. The maximum Gasteiger partial charge on any atom is 0.226 e. The molecule has 3 rings (SSSR count). The zero-order valence-electron chi connectivity index (χ0n) is 15.4. The molecule has 1 aromatic heterocycles. The number of carbonyl (C=O) groups excluding carboxylic acids is 1. The Bertz CT molecular complexity index is 972. The topological polar surface area (TPSA) is 62.2 Å². The van der Waals surface area contributed by atoms with Crippen molar-refractivity contribution in [3.05, 3.63) is 75.5 Å². The number of hydrogen-bond donors (Lipinski definition) is 2. The molecular weight excluding hydrogens is 399 g/mol. The van der Waals surface area contributed by atoms with Crippen molar-refractivity contribution in [2.75, 3.05) is 0 Å². The van der Waals surface area contributed by atoms with E-state index >= 15 is 0 Å². The molecule has 2 atom stereocenters. The highest BCUT2D eigenvalue weighted by Gasteiger charge is 2.24. The van der Waals surface area contributed by atoms with Gasteiger partial charge in [-0.15, -0.1) is 11.3 Å². The number of aliphatic hydroxyl groups is 1. The van der Waals surface area contributed by atoms with E-state index in [0.29, 0.717) is 5.69 Å². The molecule has 1 heterocycles. The van der Waals surface area contributed by atoms with Crippen molar-refractivity contribution >= 4 is 28.8 Å². The minimum absolute atomic E-state index is 0.0210. The second-order valence-corrected chi connectivity index (χ2v) is 7.89. The number of benzene rings is 2. The summed E-state index contributed by atoms with van der Waals surface area (Å²) in [5.41, 5.74) is 2.77. The Morgan fingerprint density at radius 3 is 2.79 bits per heavy atom. The summed E-state index contributed by atoms with van der Waals surface area (Å²) >= 11 is 7.46. The Morgan fingerprint density at radius 1 is 1.32 bits per heavy atom. The Morgan fingerprint density at radius 2 is 2.07 bits per heavy atom. The fourth-order valence-electron chi connectivity index (χ4n) is 2.89. The van der Waals surface area contributed by atoms with E-state index in [9.17, 15) is 14.3 Å². The summed E-state index contributed by atoms with van der Waals surface area (Å²) in [6.45, 7) is 3.62. The number of aromatic nitrogens is 1. The number of aryl methyl sites for hydroxylation is 1. The molecule has 7 heteroatoms. The lowest BCUT2D eigenvalue weighted by atomic mass is 10.0. The van der Waals surface area contributed by atoms with Gasteiger partial charge in [-0.25, -0.2) is 9.37 Å². The van der Waals surface area contributed by atoms with E-state index in [1.54, 1.807) is 6.92 Å². The number of halogens is 2. The van der Waals surface area contributed by atoms with Crippen LogP contribution < -0.4 is 5.32 Å². The molecule has 4 nitrogen and oxygen atoms in total. The van der Waals surface area contributed by atoms with Crippen LogP contribution in [0.2, 0.25) is 5.02 Å². The van der Waals surface area contributed by atoms with E-state index < -0.39 is 18.0 Å². The first-order chi connectivity index (χ1) is 13.3. The van der Waals surface area contributed by atoms with E-state index in [4.69, 9.17) is 11.6 Å². The van der Waals surface area contributed by atoms with Crippen LogP contribution in [0.3, 0.4) is 0 Å². The van der Waals surface area contributed by atoms with Gasteiger partial charge < -0.3 is 10.4 Å². The van der Waals surface area contributed by atoms with Crippen molar-refractivity contribution in [3.8, 4) is 10.6 Å². The molecule has 2 unspecified atom stereocenters. The number of nitrogens with zero attached hydrogens (tertiary/aromatic N) is 1. The summed E-state index contributed by atoms with van der Waals surface area (Å²) in [4.78, 5) is 16.9. The van der Waals surface area contributed by atoms with Crippen LogP contribution in [-0.4, -0.2) is 22.0 Å². The summed E-state index contributed by atoms with van der Waals surface area (Å²) in [5.74, 6) is -0.913. The Balaban J connectivity index is 1.64. The predicted octanol–water partition coefficient (Wildman–Crippen LogP) is 4.69. The largest absolute Gasteiger partial charge is 0.386 e. The minimum atomic E-state index is -1.25. The Kier molecular flexibility index (Phi) is 6.44. The molecule has 0 fully saturated rings. The number of amides is 1. The second kappa shape index (κ2) is 8.82. The summed E-state index contributed by atoms with van der Waals surface area (Å²) in [5, 5.41) is 15.9. The molecule has 0 bridgehead atoms. The first kappa shape index (κ1) is 20.5. The highest BCUT2D eigenvalue weighted by atomic mass is 35.5. The van der Waals surface area contributed by atoms with Crippen LogP contribution >= 0.6 is 22.9 Å². The maximum atomic E-state index is 14.0. The van der Waals surface area contributed by atoms with Crippen LogP contribution in [0.1, 0.15) is 29.8 Å². The van der Waals surface area contributed by atoms with E-state index in [1.165, 1.54) is 29.5 Å². The third-order valence-corrected chi connectivity index (χ3v) is 5.59. The Labute approximate surface area is 172 Å². The molecule has 0 aliphatic carbocycles. The standard InChI is InChI=1S/C21H20ClFN2O2S/c1-12-5-3-6-14(9-12)21-25-15(11-28-21)10-18(26)24-13(2)20(27)19-16(22)7-4-8-17(19)23/h3-9,11,13,20,27H,10H2,1-2H3,(H,24,26). The normalized spacial score (nSPS) is 13.2. The van der Waals surface area contributed by atoms with Gasteiger partial charge in [0, 0.05) is 21.5 Å². The third kappa shape index (κ3) is 4.76. The fourth-order valence-corrected chi connectivity index (χ4v) is 3.98. The Hall–Kier alpha value is -2.28. The van der Waals surface area contributed by atoms with Crippen molar-refractivity contribution in [3.63, 3.8) is 0 Å². The summed E-state index contributed by atoms with van der Waals surface area (Å²) < 4.78 is 14.0. The van der Waals surface area contributed by atoms with Gasteiger partial charge in [-0.2, -0.15) is 0 Å². The molecule has 2 aromatic carbocycles. The lowest BCUT2D eigenvalue weighted by Crippen LogP contribution is -2.38. The number of aliphatic hydroxyl groups excluding tert-OH is 1. The monoisotopic (exact) mass is 418 g/mol. The van der Waals surface area contributed by atoms with Gasteiger partial charge in [0.2, 0.25) is 5.91 Å². The number of carbonyl (C=O) groups is 1. The summed E-state index contributed by atoms with van der Waals surface area (Å²) in [7, 11) is 0. The molecule has 146 valence electrons. The van der Waals surface area contributed by atoms with Crippen molar-refractivity contribution in [2.24, 2.45) is 0 Å². The molecule has 0 aliphatic rings. The van der Waals surface area contributed by atoms with Crippen molar-refractivity contribution < 1.29 is 14.3 Å². The van der Waals surface area contributed by atoms with E-state index in [2.05, 4.69) is 10.3 Å². The highest BCUT2D eigenvalue weighted by Crippen LogP contribution is 2.28. The van der Waals surface area contributed by atoms with Crippen LogP contribution in [0.5, 0.6) is 0 Å². The molecule has 1 amide bonds. The number of hydrogen-bond acceptors (Lipinski definition) is 4. The molecule has 28 heavy (non-hydrogen) atoms. The molecule has 0 spiro atoms. The average Bonchev–Trinajstić information content (AvgIpc) is 3.09. The van der Waals surface area contributed by atoms with Crippen molar-refractivity contribution in [2.45, 2.75) is 32.4 Å². The van der Waals surface area contributed by atoms with E-state index in [1.807, 2.05) is 36.6 Å². The number of nitrogens with one attached hydrogen (secondary N) is 1. The van der Waals surface area contributed by atoms with Gasteiger partial charge in [0.25, 0.3) is 0 Å². The molecular formula is C21H20ClFN2O2S. The van der Waals surface area contributed by atoms with Crippen LogP contribution in [-0.2, 0) is 11.2 Å². The van der Waals surface area contributed by atoms with Crippen molar-refractivity contribution in [1.82, 2.24) is 10.3 Å². The SMILES string of the molecule is Cc1cccc(-c2nc(CC(=O)NC(C)C(O)c3c(F)cccc3Cl)cs2)c1. The molecule has 3 aromatic rings. The third-order valence-electron chi connectivity index (χ3n) is 4.32. The van der Waals surface area contributed by atoms with Gasteiger partial charge in [-0.1, -0.05) is 41.4 Å². The summed E-state index contributed by atoms with van der Waals surface area (Å²) in [6, 6.07) is 11.5. The molecule has 0 saturated carbocycles. The number of thiazole rings is 1. The van der Waals surface area contributed by atoms with Crippen LogP contribution in [0.25, 0.3) is 10.6 Å². The van der Waals surface area contributed by atoms with Gasteiger partial charge in [0.05, 0.1) is 18.2 Å². The summed E-state index contributed by atoms with van der Waals surface area (Å²) in [6.07, 6.45) is -1.18. The first-order valence-corrected chi connectivity index (χ1v) is 10.0. The smallest absolute Gasteiger partial charge is 0.226 e. The van der Waals surface area contributed by atoms with Crippen molar-refractivity contribution in [1.29, 1.82) is 0 Å². The van der Waals surface area contributed by atoms with Gasteiger partial charge >= 0.3 is 0 Å². The van der Waals surface area contributed by atoms with Gasteiger partial charge in [0.1, 0.15) is 16.9 Å². The zero-order chi connectivity index (χ0) is 20.3. The van der Waals surface area contributed by atoms with E-state index in [-0.39, 0.29) is 22.9 Å². The molecule has 0 radical (unpaired) electrons. The lowest BCUT2D eigenvalue weighted by Gasteiger charge is -2.21. The molecule has 0 aliphatic heterocycles. The highest BCUT2D eigenvalue weighted by molar-refractivity contribution is 7.13. The van der Waals surface area contributed by atoms with E-state index in [0.717, 1.165) is 16.1 Å². The second-order valence-electron chi connectivity index (χ2n) is 6.63. The first-order valence-electron chi connectivity index (χ1n) is 8.78. The maximum absolute atomic E-state index is 14.0. The minimum Gasteiger partial charge on any atom is -0.386 e. The fraction of sp³-hybridized carbons (Fsp3) is 0.238. The number of rotatable bonds is 6. The molecule has 2 N–H and O–H groups in total. The van der Waals surface area contributed by atoms with Crippen LogP contribution in [0.4, 0.5) is 4.39 Å². The van der Waals surface area contributed by atoms with Crippen LogP contribution in [0, 0.1) is 12.7 Å². The van der Waals surface area contributed by atoms with Crippen LogP contribution in [0.15, 0.2) is 47.8 Å². The van der Waals surface area contributed by atoms with Gasteiger partial charge in [-0.05, 0) is 32.0 Å². The van der Waals surface area contributed by atoms with Gasteiger partial charge in [-0.3, -0.25) is 4.79 Å². The zero-order valence-corrected chi connectivity index (χ0v) is 17.0.